The first kappa shape index (κ1) is 21.8. The van der Waals surface area contributed by atoms with Crippen molar-refractivity contribution in [1.29, 1.82) is 0 Å². The highest BCUT2D eigenvalue weighted by molar-refractivity contribution is 9.10. The molecule has 6 nitrogen and oxygen atoms in total. The molecule has 1 aromatic heterocycles. The molecule has 5 rings (SSSR count). The van der Waals surface area contributed by atoms with Gasteiger partial charge in [-0.15, -0.1) is 0 Å². The number of fused-ring (bicyclic) bond motifs is 2. The molecule has 3 heterocycles. The molecule has 0 saturated carbocycles. The molecule has 2 aliphatic heterocycles. The summed E-state index contributed by atoms with van der Waals surface area (Å²) in [5, 5.41) is 0.473. The number of nitrogens with zero attached hydrogens (tertiary/aromatic N) is 2. The highest BCUT2D eigenvalue weighted by Gasteiger charge is 2.42. The second-order valence-corrected chi connectivity index (χ2v) is 9.91. The molecule has 0 aliphatic carbocycles. The molecule has 0 spiro atoms. The molecule has 2 aromatic carbocycles. The summed E-state index contributed by atoms with van der Waals surface area (Å²) in [6, 6.07) is 12.6. The Morgan fingerprint density at radius 3 is 2.53 bits per heavy atom. The van der Waals surface area contributed by atoms with Crippen LogP contribution in [0.3, 0.4) is 0 Å². The van der Waals surface area contributed by atoms with Crippen molar-refractivity contribution < 1.29 is 13.9 Å². The van der Waals surface area contributed by atoms with Gasteiger partial charge in [-0.1, -0.05) is 44.0 Å². The number of halogens is 2. The maximum Gasteiger partial charge on any atom is 0.290 e. The number of amides is 1. The van der Waals surface area contributed by atoms with Gasteiger partial charge in [-0.25, -0.2) is 0 Å². The van der Waals surface area contributed by atoms with Gasteiger partial charge in [0.15, 0.2) is 5.43 Å². The van der Waals surface area contributed by atoms with Crippen LogP contribution in [0.2, 0.25) is 0 Å². The summed E-state index contributed by atoms with van der Waals surface area (Å²) >= 11 is 6.96. The zero-order chi connectivity index (χ0) is 22.2. The van der Waals surface area contributed by atoms with Crippen LogP contribution >= 0.6 is 31.9 Å². The average Bonchev–Trinajstić information content (AvgIpc) is 3.07. The Hall–Kier alpha value is -2.00. The minimum atomic E-state index is -0.473. The van der Waals surface area contributed by atoms with E-state index < -0.39 is 6.04 Å². The summed E-state index contributed by atoms with van der Waals surface area (Å²) in [7, 11) is 0. The average molecular weight is 562 g/mol. The molecule has 32 heavy (non-hydrogen) atoms. The number of carbonyl (C=O) groups is 1. The number of benzene rings is 2. The highest BCUT2D eigenvalue weighted by Crippen LogP contribution is 2.39. The zero-order valence-corrected chi connectivity index (χ0v) is 20.5. The van der Waals surface area contributed by atoms with Crippen LogP contribution in [0.25, 0.3) is 11.0 Å². The Balaban J connectivity index is 1.54. The Morgan fingerprint density at radius 2 is 1.75 bits per heavy atom. The smallest absolute Gasteiger partial charge is 0.290 e. The lowest BCUT2D eigenvalue weighted by Gasteiger charge is -2.29. The van der Waals surface area contributed by atoms with Gasteiger partial charge in [0, 0.05) is 35.1 Å². The van der Waals surface area contributed by atoms with E-state index in [1.165, 1.54) is 0 Å². The lowest BCUT2D eigenvalue weighted by atomic mass is 9.98. The van der Waals surface area contributed by atoms with Crippen molar-refractivity contribution in [2.75, 3.05) is 39.4 Å². The number of ether oxygens (including phenoxy) is 1. The van der Waals surface area contributed by atoms with Crippen molar-refractivity contribution in [2.45, 2.75) is 12.5 Å². The van der Waals surface area contributed by atoms with E-state index >= 15 is 0 Å². The topological polar surface area (TPSA) is 63.0 Å². The molecular formula is C24H22Br2N2O4. The van der Waals surface area contributed by atoms with E-state index in [0.717, 1.165) is 53.8 Å². The van der Waals surface area contributed by atoms with E-state index in [-0.39, 0.29) is 17.1 Å². The fourth-order valence-electron chi connectivity index (χ4n) is 4.54. The standard InChI is InChI=1S/C24H22Br2N2O4/c25-16-4-1-3-15(13-16)21-20-22(29)18-14-17(26)5-6-19(18)32-23(20)24(30)28(21)8-2-7-27-9-11-31-12-10-27/h1,3-6,13-14,21H,2,7-12H2/t21-/m1/s1. The monoisotopic (exact) mass is 560 g/mol. The summed E-state index contributed by atoms with van der Waals surface area (Å²) in [6.07, 6.45) is 0.809. The van der Waals surface area contributed by atoms with Crippen molar-refractivity contribution in [1.82, 2.24) is 9.80 Å². The van der Waals surface area contributed by atoms with Gasteiger partial charge in [0.05, 0.1) is 30.2 Å². The third-order valence-corrected chi connectivity index (χ3v) is 7.06. The molecule has 0 bridgehead atoms. The maximum absolute atomic E-state index is 13.6. The minimum Gasteiger partial charge on any atom is -0.450 e. The van der Waals surface area contributed by atoms with E-state index in [1.54, 1.807) is 17.0 Å². The second kappa shape index (κ2) is 9.09. The molecular weight excluding hydrogens is 540 g/mol. The second-order valence-electron chi connectivity index (χ2n) is 8.08. The molecule has 2 aliphatic rings. The van der Waals surface area contributed by atoms with Crippen molar-refractivity contribution in [3.8, 4) is 0 Å². The van der Waals surface area contributed by atoms with Gasteiger partial charge in [-0.3, -0.25) is 14.5 Å². The molecule has 0 unspecified atom stereocenters. The van der Waals surface area contributed by atoms with Gasteiger partial charge in [-0.05, 0) is 42.3 Å². The van der Waals surface area contributed by atoms with Gasteiger partial charge in [0.1, 0.15) is 5.58 Å². The first-order chi connectivity index (χ1) is 15.5. The lowest BCUT2D eigenvalue weighted by molar-refractivity contribution is 0.0353. The van der Waals surface area contributed by atoms with Gasteiger partial charge in [0.25, 0.3) is 5.91 Å². The molecule has 1 saturated heterocycles. The zero-order valence-electron chi connectivity index (χ0n) is 17.4. The molecule has 8 heteroatoms. The molecule has 0 N–H and O–H groups in total. The third kappa shape index (κ3) is 4.05. The van der Waals surface area contributed by atoms with Crippen molar-refractivity contribution >= 4 is 48.7 Å². The van der Waals surface area contributed by atoms with Crippen molar-refractivity contribution in [2.24, 2.45) is 0 Å². The van der Waals surface area contributed by atoms with Crippen LogP contribution in [-0.4, -0.2) is 55.1 Å². The summed E-state index contributed by atoms with van der Waals surface area (Å²) < 4.78 is 13.1. The number of carbonyl (C=O) groups excluding carboxylic acids is 1. The van der Waals surface area contributed by atoms with E-state index in [1.807, 2.05) is 30.3 Å². The van der Waals surface area contributed by atoms with E-state index in [9.17, 15) is 9.59 Å². The van der Waals surface area contributed by atoms with Crippen LogP contribution in [0, 0.1) is 0 Å². The van der Waals surface area contributed by atoms with Crippen molar-refractivity contribution in [3.05, 3.63) is 78.5 Å². The Morgan fingerprint density at radius 1 is 0.969 bits per heavy atom. The number of hydrogen-bond acceptors (Lipinski definition) is 5. The molecule has 0 radical (unpaired) electrons. The maximum atomic E-state index is 13.6. The van der Waals surface area contributed by atoms with Gasteiger partial charge in [-0.2, -0.15) is 0 Å². The Kier molecular flexibility index (Phi) is 6.20. The molecule has 1 atom stereocenters. The van der Waals surface area contributed by atoms with Crippen molar-refractivity contribution in [3.63, 3.8) is 0 Å². The fraction of sp³-hybridized carbons (Fsp3) is 0.333. The lowest BCUT2D eigenvalue weighted by Crippen LogP contribution is -2.38. The summed E-state index contributed by atoms with van der Waals surface area (Å²) in [4.78, 5) is 31.1. The molecule has 1 fully saturated rings. The number of morpholine rings is 1. The van der Waals surface area contributed by atoms with Gasteiger partial charge < -0.3 is 14.1 Å². The summed E-state index contributed by atoms with van der Waals surface area (Å²) in [5.41, 5.74) is 1.58. The Labute approximate surface area is 202 Å². The predicted molar refractivity (Wildman–Crippen MR) is 129 cm³/mol. The summed E-state index contributed by atoms with van der Waals surface area (Å²) in [6.45, 7) is 4.72. The molecule has 166 valence electrons. The van der Waals surface area contributed by atoms with E-state index in [0.29, 0.717) is 23.1 Å². The van der Waals surface area contributed by atoms with Crippen LogP contribution in [0.1, 0.15) is 34.1 Å². The summed E-state index contributed by atoms with van der Waals surface area (Å²) in [5.74, 6) is -0.0740. The fourth-order valence-corrected chi connectivity index (χ4v) is 5.31. The van der Waals surface area contributed by atoms with Crippen LogP contribution in [-0.2, 0) is 4.74 Å². The first-order valence-corrected chi connectivity index (χ1v) is 12.2. The quantitative estimate of drug-likeness (QED) is 0.456. The predicted octanol–water partition coefficient (Wildman–Crippen LogP) is 4.59. The van der Waals surface area contributed by atoms with E-state index in [4.69, 9.17) is 9.15 Å². The number of rotatable bonds is 5. The first-order valence-electron chi connectivity index (χ1n) is 10.7. The largest absolute Gasteiger partial charge is 0.450 e. The molecule has 3 aromatic rings. The highest BCUT2D eigenvalue weighted by atomic mass is 79.9. The minimum absolute atomic E-state index is 0.154. The van der Waals surface area contributed by atoms with E-state index in [2.05, 4.69) is 36.8 Å². The third-order valence-electron chi connectivity index (χ3n) is 6.07. The van der Waals surface area contributed by atoms with Gasteiger partial charge in [0.2, 0.25) is 5.76 Å². The van der Waals surface area contributed by atoms with Crippen LogP contribution in [0.4, 0.5) is 0 Å². The SMILES string of the molecule is O=C1c2oc3ccc(Br)cc3c(=O)c2[C@@H](c2cccc(Br)c2)N1CCCN1CCOCC1. The Bertz CT molecular complexity index is 1240. The van der Waals surface area contributed by atoms with Crippen LogP contribution in [0.5, 0.6) is 0 Å². The van der Waals surface area contributed by atoms with Crippen LogP contribution < -0.4 is 5.43 Å². The number of hydrogen-bond donors (Lipinski definition) is 0. The van der Waals surface area contributed by atoms with Gasteiger partial charge >= 0.3 is 0 Å². The normalized spacial score (nSPS) is 19.0. The van der Waals surface area contributed by atoms with Crippen LogP contribution in [0.15, 0.2) is 60.6 Å². The molecule has 1 amide bonds.